The van der Waals surface area contributed by atoms with Crippen molar-refractivity contribution in [3.8, 4) is 17.2 Å². The number of aromatic nitrogens is 2. The monoisotopic (exact) mass is 382 g/mol. The second-order valence-corrected chi connectivity index (χ2v) is 8.66. The molecular formula is C22H26N2O2S. The topological polar surface area (TPSA) is 48.2 Å². The molecule has 4 nitrogen and oxygen atoms in total. The average Bonchev–Trinajstić information content (AvgIpc) is 3.09. The molecule has 0 radical (unpaired) electrons. The lowest BCUT2D eigenvalue weighted by molar-refractivity contribution is 0.414. The van der Waals surface area contributed by atoms with E-state index in [0.29, 0.717) is 11.1 Å². The number of benzene rings is 2. The summed E-state index contributed by atoms with van der Waals surface area (Å²) >= 11 is 1.57. The first-order chi connectivity index (χ1) is 12.8. The van der Waals surface area contributed by atoms with Crippen LogP contribution >= 0.6 is 11.8 Å². The molecule has 1 heterocycles. The number of thioether (sulfide) groups is 1. The summed E-state index contributed by atoms with van der Waals surface area (Å²) < 4.78 is 11.0. The van der Waals surface area contributed by atoms with E-state index in [1.807, 2.05) is 24.3 Å². The third kappa shape index (κ3) is 4.53. The van der Waals surface area contributed by atoms with Gasteiger partial charge in [0.25, 0.3) is 5.22 Å². The third-order valence-corrected chi connectivity index (χ3v) is 5.49. The number of rotatable bonds is 5. The van der Waals surface area contributed by atoms with Gasteiger partial charge in [-0.15, -0.1) is 10.2 Å². The first kappa shape index (κ1) is 19.5. The van der Waals surface area contributed by atoms with Crippen molar-refractivity contribution >= 4 is 11.8 Å². The minimum Gasteiger partial charge on any atom is -0.497 e. The molecule has 2 aromatic carbocycles. The zero-order valence-electron chi connectivity index (χ0n) is 16.8. The van der Waals surface area contributed by atoms with Crippen LogP contribution in [0.3, 0.4) is 0 Å². The quantitative estimate of drug-likeness (QED) is 0.510. The molecule has 0 N–H and O–H groups in total. The zero-order chi connectivity index (χ0) is 19.6. The molecule has 0 unspecified atom stereocenters. The number of methoxy groups -OCH3 is 1. The van der Waals surface area contributed by atoms with Gasteiger partial charge in [0.2, 0.25) is 5.89 Å². The van der Waals surface area contributed by atoms with Gasteiger partial charge in [0.15, 0.2) is 0 Å². The molecule has 27 heavy (non-hydrogen) atoms. The van der Waals surface area contributed by atoms with E-state index in [1.54, 1.807) is 18.9 Å². The molecule has 1 aromatic heterocycles. The van der Waals surface area contributed by atoms with Gasteiger partial charge >= 0.3 is 0 Å². The lowest BCUT2D eigenvalue weighted by Gasteiger charge is -2.22. The summed E-state index contributed by atoms with van der Waals surface area (Å²) in [7, 11) is 1.65. The minimum absolute atomic E-state index is 0.154. The summed E-state index contributed by atoms with van der Waals surface area (Å²) in [5, 5.41) is 8.93. The Hall–Kier alpha value is -2.27. The second kappa shape index (κ2) is 7.77. The molecule has 5 heteroatoms. The molecule has 0 aliphatic carbocycles. The highest BCUT2D eigenvalue weighted by Crippen LogP contribution is 2.31. The lowest BCUT2D eigenvalue weighted by atomic mass is 9.84. The van der Waals surface area contributed by atoms with Gasteiger partial charge in [-0.25, -0.2) is 0 Å². The fourth-order valence-corrected chi connectivity index (χ4v) is 3.87. The predicted octanol–water partition coefficient (Wildman–Crippen LogP) is 5.95. The summed E-state index contributed by atoms with van der Waals surface area (Å²) in [4.78, 5) is 0. The number of aryl methyl sites for hydroxylation is 2. The molecule has 0 atom stereocenters. The number of ether oxygens (including phenoxy) is 1. The molecule has 0 amide bonds. The van der Waals surface area contributed by atoms with E-state index in [-0.39, 0.29) is 5.41 Å². The Labute approximate surface area is 165 Å². The Kier molecular flexibility index (Phi) is 5.61. The van der Waals surface area contributed by atoms with E-state index in [4.69, 9.17) is 9.15 Å². The fraction of sp³-hybridized carbons (Fsp3) is 0.364. The van der Waals surface area contributed by atoms with Crippen LogP contribution in [0, 0.1) is 13.8 Å². The molecule has 0 aliphatic heterocycles. The van der Waals surface area contributed by atoms with Gasteiger partial charge in [-0.2, -0.15) is 0 Å². The lowest BCUT2D eigenvalue weighted by Crippen LogP contribution is -2.12. The first-order valence-electron chi connectivity index (χ1n) is 8.99. The van der Waals surface area contributed by atoms with Crippen LogP contribution in [0.25, 0.3) is 11.5 Å². The highest BCUT2D eigenvalue weighted by atomic mass is 32.2. The molecule has 3 aromatic rings. The molecule has 0 saturated heterocycles. The molecule has 0 saturated carbocycles. The van der Waals surface area contributed by atoms with Crippen LogP contribution in [-0.4, -0.2) is 17.3 Å². The normalized spacial score (nSPS) is 11.6. The highest BCUT2D eigenvalue weighted by molar-refractivity contribution is 7.98. The van der Waals surface area contributed by atoms with E-state index < -0.39 is 0 Å². The summed E-state index contributed by atoms with van der Waals surface area (Å²) in [5.41, 5.74) is 6.35. The smallest absolute Gasteiger partial charge is 0.277 e. The Morgan fingerprint density at radius 1 is 1.00 bits per heavy atom. The van der Waals surface area contributed by atoms with E-state index in [1.165, 1.54) is 22.3 Å². The van der Waals surface area contributed by atoms with Gasteiger partial charge in [-0.05, 0) is 65.8 Å². The van der Waals surface area contributed by atoms with E-state index in [0.717, 1.165) is 17.1 Å². The number of nitrogens with zero attached hydrogens (tertiary/aromatic N) is 2. The Morgan fingerprint density at radius 3 is 2.19 bits per heavy atom. The molecule has 0 fully saturated rings. The average molecular weight is 383 g/mol. The van der Waals surface area contributed by atoms with Crippen molar-refractivity contribution in [3.05, 3.63) is 58.7 Å². The van der Waals surface area contributed by atoms with Crippen LogP contribution in [0.2, 0.25) is 0 Å². The highest BCUT2D eigenvalue weighted by Gasteiger charge is 2.17. The van der Waals surface area contributed by atoms with E-state index >= 15 is 0 Å². The Balaban J connectivity index is 1.73. The maximum Gasteiger partial charge on any atom is 0.277 e. The van der Waals surface area contributed by atoms with Gasteiger partial charge in [0.1, 0.15) is 5.75 Å². The minimum atomic E-state index is 0.154. The molecule has 142 valence electrons. The van der Waals surface area contributed by atoms with Crippen LogP contribution in [0.1, 0.15) is 43.0 Å². The van der Waals surface area contributed by atoms with Crippen LogP contribution in [0.4, 0.5) is 0 Å². The van der Waals surface area contributed by atoms with Crippen LogP contribution in [0.15, 0.2) is 46.0 Å². The zero-order valence-corrected chi connectivity index (χ0v) is 17.6. The maximum atomic E-state index is 5.82. The van der Waals surface area contributed by atoms with Crippen molar-refractivity contribution in [2.24, 2.45) is 0 Å². The maximum absolute atomic E-state index is 5.82. The van der Waals surface area contributed by atoms with Crippen molar-refractivity contribution in [3.63, 3.8) is 0 Å². The van der Waals surface area contributed by atoms with Gasteiger partial charge < -0.3 is 9.15 Å². The fourth-order valence-electron chi connectivity index (χ4n) is 2.91. The van der Waals surface area contributed by atoms with Crippen LogP contribution in [0.5, 0.6) is 5.75 Å². The summed E-state index contributed by atoms with van der Waals surface area (Å²) in [6.07, 6.45) is 0. The largest absolute Gasteiger partial charge is 0.497 e. The Morgan fingerprint density at radius 2 is 1.63 bits per heavy atom. The molecule has 0 aliphatic rings. The Bertz CT molecular complexity index is 901. The van der Waals surface area contributed by atoms with Gasteiger partial charge in [0, 0.05) is 11.3 Å². The van der Waals surface area contributed by atoms with Gasteiger partial charge in [-0.1, -0.05) is 44.7 Å². The standard InChI is InChI=1S/C22H26N2O2S/c1-14-11-17(22(3,4)5)12-15(2)19(14)13-27-21-24-23-20(26-21)16-7-9-18(25-6)10-8-16/h7-12H,13H2,1-6H3. The third-order valence-electron chi connectivity index (χ3n) is 4.65. The molecular weight excluding hydrogens is 356 g/mol. The first-order valence-corrected chi connectivity index (χ1v) is 9.98. The summed E-state index contributed by atoms with van der Waals surface area (Å²) in [6, 6.07) is 12.2. The molecule has 0 spiro atoms. The van der Waals surface area contributed by atoms with E-state index in [2.05, 4.69) is 56.9 Å². The van der Waals surface area contributed by atoms with Gasteiger partial charge in [-0.3, -0.25) is 0 Å². The van der Waals surface area contributed by atoms with Crippen LogP contribution < -0.4 is 4.74 Å². The number of hydrogen-bond acceptors (Lipinski definition) is 5. The number of hydrogen-bond donors (Lipinski definition) is 0. The SMILES string of the molecule is COc1ccc(-c2nnc(SCc3c(C)cc(C(C)(C)C)cc3C)o2)cc1. The molecule has 0 bridgehead atoms. The summed E-state index contributed by atoms with van der Waals surface area (Å²) in [5.74, 6) is 2.14. The van der Waals surface area contributed by atoms with E-state index in [9.17, 15) is 0 Å². The van der Waals surface area contributed by atoms with Crippen molar-refractivity contribution in [1.82, 2.24) is 10.2 Å². The van der Waals surface area contributed by atoms with Gasteiger partial charge in [0.05, 0.1) is 7.11 Å². The second-order valence-electron chi connectivity index (χ2n) is 7.73. The summed E-state index contributed by atoms with van der Waals surface area (Å²) in [6.45, 7) is 11.1. The van der Waals surface area contributed by atoms with Crippen molar-refractivity contribution in [2.75, 3.05) is 7.11 Å². The van der Waals surface area contributed by atoms with Crippen molar-refractivity contribution in [2.45, 2.75) is 51.0 Å². The van der Waals surface area contributed by atoms with Crippen molar-refractivity contribution < 1.29 is 9.15 Å². The predicted molar refractivity (Wildman–Crippen MR) is 110 cm³/mol. The van der Waals surface area contributed by atoms with Crippen LogP contribution in [-0.2, 0) is 11.2 Å². The van der Waals surface area contributed by atoms with Crippen molar-refractivity contribution in [1.29, 1.82) is 0 Å². The molecule has 3 rings (SSSR count).